The molecule has 0 unspecified atom stereocenters. The van der Waals surface area contributed by atoms with Crippen LogP contribution in [0.25, 0.3) is 0 Å². The van der Waals surface area contributed by atoms with E-state index >= 15 is 0 Å². The first-order valence-electron chi connectivity index (χ1n) is 6.61. The van der Waals surface area contributed by atoms with Gasteiger partial charge in [-0.3, -0.25) is 0 Å². The predicted octanol–water partition coefficient (Wildman–Crippen LogP) is 1.28. The Labute approximate surface area is 119 Å². The quantitative estimate of drug-likeness (QED) is 0.856. The van der Waals surface area contributed by atoms with E-state index in [2.05, 4.69) is 4.72 Å². The molecular weight excluding hydrogens is 276 g/mol. The van der Waals surface area contributed by atoms with Gasteiger partial charge in [0.1, 0.15) is 0 Å². The van der Waals surface area contributed by atoms with Gasteiger partial charge >= 0.3 is 0 Å². The molecule has 108 valence electrons. The lowest BCUT2D eigenvalue weighted by atomic mass is 10.0. The second kappa shape index (κ2) is 5.92. The number of hydrogen-bond donors (Lipinski definition) is 2. The predicted molar refractivity (Wildman–Crippen MR) is 75.2 cm³/mol. The third kappa shape index (κ3) is 3.37. The number of benzene rings is 1. The highest BCUT2D eigenvalue weighted by Crippen LogP contribution is 2.30. The molecule has 5 nitrogen and oxygen atoms in total. The van der Waals surface area contributed by atoms with Gasteiger partial charge in [0, 0.05) is 0 Å². The summed E-state index contributed by atoms with van der Waals surface area (Å²) in [4.78, 5) is 0. The van der Waals surface area contributed by atoms with Gasteiger partial charge in [0.25, 0.3) is 0 Å². The highest BCUT2D eigenvalue weighted by atomic mass is 32.2. The van der Waals surface area contributed by atoms with Gasteiger partial charge in [0.2, 0.25) is 10.0 Å². The maximum absolute atomic E-state index is 12.3. The van der Waals surface area contributed by atoms with E-state index in [0.717, 1.165) is 12.8 Å². The van der Waals surface area contributed by atoms with Crippen molar-refractivity contribution in [2.24, 2.45) is 0 Å². The van der Waals surface area contributed by atoms with Crippen LogP contribution < -0.4 is 4.72 Å². The van der Waals surface area contributed by atoms with Crippen LogP contribution in [0.15, 0.2) is 24.3 Å². The Bertz CT molecular complexity index is 614. The van der Waals surface area contributed by atoms with Crippen LogP contribution in [-0.4, -0.2) is 25.7 Å². The monoisotopic (exact) mass is 294 g/mol. The van der Waals surface area contributed by atoms with Crippen LogP contribution >= 0.6 is 0 Å². The van der Waals surface area contributed by atoms with Crippen LogP contribution in [0.2, 0.25) is 0 Å². The number of aliphatic hydroxyl groups is 1. The number of nitrogens with one attached hydrogen (secondary N) is 1. The van der Waals surface area contributed by atoms with Crippen molar-refractivity contribution in [2.45, 2.75) is 37.0 Å². The highest BCUT2D eigenvalue weighted by molar-refractivity contribution is 7.88. The molecule has 0 saturated heterocycles. The van der Waals surface area contributed by atoms with Crippen molar-refractivity contribution in [1.82, 2.24) is 4.72 Å². The molecule has 1 aromatic rings. The van der Waals surface area contributed by atoms with Crippen molar-refractivity contribution >= 4 is 10.0 Å². The van der Waals surface area contributed by atoms with Crippen molar-refractivity contribution in [1.29, 1.82) is 5.26 Å². The molecule has 0 aromatic heterocycles. The highest BCUT2D eigenvalue weighted by Gasteiger charge is 2.37. The summed E-state index contributed by atoms with van der Waals surface area (Å²) < 4.78 is 27.1. The summed E-state index contributed by atoms with van der Waals surface area (Å²) in [6.07, 6.45) is 3.14. The smallest absolute Gasteiger partial charge is 0.216 e. The summed E-state index contributed by atoms with van der Waals surface area (Å²) >= 11 is 0. The van der Waals surface area contributed by atoms with Gasteiger partial charge in [-0.05, 0) is 24.5 Å². The molecule has 0 atom stereocenters. The SMILES string of the molecule is N#Cc1ccccc1CS(=O)(=O)NC1(CO)CCCC1. The number of hydrogen-bond acceptors (Lipinski definition) is 4. The van der Waals surface area contributed by atoms with Crippen molar-refractivity contribution in [3.05, 3.63) is 35.4 Å². The minimum absolute atomic E-state index is 0.188. The zero-order valence-electron chi connectivity index (χ0n) is 11.2. The third-order valence-corrected chi connectivity index (χ3v) is 5.15. The number of nitriles is 1. The van der Waals surface area contributed by atoms with E-state index in [1.807, 2.05) is 6.07 Å². The van der Waals surface area contributed by atoms with Gasteiger partial charge < -0.3 is 5.11 Å². The molecule has 1 aromatic carbocycles. The van der Waals surface area contributed by atoms with Gasteiger partial charge in [-0.1, -0.05) is 31.0 Å². The third-order valence-electron chi connectivity index (χ3n) is 3.72. The van der Waals surface area contributed by atoms with Crippen LogP contribution in [0.1, 0.15) is 36.8 Å². The summed E-state index contributed by atoms with van der Waals surface area (Å²) in [5, 5.41) is 18.5. The fraction of sp³-hybridized carbons (Fsp3) is 0.500. The average Bonchev–Trinajstić information content (AvgIpc) is 2.87. The van der Waals surface area contributed by atoms with Crippen molar-refractivity contribution in [3.63, 3.8) is 0 Å². The molecule has 0 spiro atoms. The van der Waals surface area contributed by atoms with Crippen LogP contribution in [0.4, 0.5) is 0 Å². The van der Waals surface area contributed by atoms with Crippen LogP contribution in [0.3, 0.4) is 0 Å². The lowest BCUT2D eigenvalue weighted by molar-refractivity contribution is 0.185. The molecule has 0 radical (unpaired) electrons. The van der Waals surface area contributed by atoms with E-state index in [0.29, 0.717) is 24.0 Å². The number of nitrogens with zero attached hydrogens (tertiary/aromatic N) is 1. The zero-order chi connectivity index (χ0) is 14.6. The molecule has 1 fully saturated rings. The van der Waals surface area contributed by atoms with Crippen LogP contribution in [0, 0.1) is 11.3 Å². The standard InChI is InChI=1S/C14H18N2O3S/c15-9-12-5-1-2-6-13(12)10-20(18,19)16-14(11-17)7-3-4-8-14/h1-2,5-6,16-17H,3-4,7-8,10-11H2. The summed E-state index contributed by atoms with van der Waals surface area (Å²) in [5.41, 5.74) is 0.122. The molecule has 1 aliphatic rings. The Morgan fingerprint density at radius 3 is 2.55 bits per heavy atom. The Hall–Kier alpha value is -1.42. The largest absolute Gasteiger partial charge is 0.394 e. The Morgan fingerprint density at radius 1 is 1.30 bits per heavy atom. The summed E-state index contributed by atoms with van der Waals surface area (Å²) in [6.45, 7) is -0.188. The molecule has 0 aliphatic heterocycles. The molecule has 0 heterocycles. The molecule has 1 aliphatic carbocycles. The maximum Gasteiger partial charge on any atom is 0.216 e. The Balaban J connectivity index is 2.17. The molecular formula is C14H18N2O3S. The topological polar surface area (TPSA) is 90.2 Å². The molecule has 1 saturated carbocycles. The van der Waals surface area contributed by atoms with Crippen molar-refractivity contribution < 1.29 is 13.5 Å². The first-order valence-corrected chi connectivity index (χ1v) is 8.26. The Kier molecular flexibility index (Phi) is 4.43. The fourth-order valence-electron chi connectivity index (χ4n) is 2.67. The molecule has 0 amide bonds. The summed E-state index contributed by atoms with van der Waals surface area (Å²) in [7, 11) is -3.58. The summed E-state index contributed by atoms with van der Waals surface area (Å²) in [5.74, 6) is -0.238. The summed E-state index contributed by atoms with van der Waals surface area (Å²) in [6, 6.07) is 8.64. The molecule has 2 N–H and O–H groups in total. The average molecular weight is 294 g/mol. The number of sulfonamides is 1. The first kappa shape index (κ1) is 15.0. The van der Waals surface area contributed by atoms with Gasteiger partial charge in [-0.2, -0.15) is 5.26 Å². The van der Waals surface area contributed by atoms with Crippen LogP contribution in [-0.2, 0) is 15.8 Å². The fourth-order valence-corrected chi connectivity index (χ4v) is 4.33. The molecule has 6 heteroatoms. The van der Waals surface area contributed by atoms with Gasteiger partial charge in [-0.25, -0.2) is 13.1 Å². The van der Waals surface area contributed by atoms with Crippen molar-refractivity contribution in [3.8, 4) is 6.07 Å². The minimum Gasteiger partial charge on any atom is -0.394 e. The Morgan fingerprint density at radius 2 is 1.95 bits per heavy atom. The lowest BCUT2D eigenvalue weighted by Gasteiger charge is -2.27. The van der Waals surface area contributed by atoms with E-state index in [1.165, 1.54) is 0 Å². The number of rotatable bonds is 5. The second-order valence-electron chi connectivity index (χ2n) is 5.28. The number of aliphatic hydroxyl groups excluding tert-OH is 1. The molecule has 2 rings (SSSR count). The van der Waals surface area contributed by atoms with Gasteiger partial charge in [0.05, 0.1) is 29.5 Å². The minimum atomic E-state index is -3.58. The van der Waals surface area contributed by atoms with Crippen molar-refractivity contribution in [2.75, 3.05) is 6.61 Å². The van der Waals surface area contributed by atoms with Gasteiger partial charge in [0.15, 0.2) is 0 Å². The first-order chi connectivity index (χ1) is 9.50. The van der Waals surface area contributed by atoms with E-state index < -0.39 is 15.6 Å². The van der Waals surface area contributed by atoms with E-state index in [1.54, 1.807) is 24.3 Å². The van der Waals surface area contributed by atoms with E-state index in [4.69, 9.17) is 5.26 Å². The molecule has 20 heavy (non-hydrogen) atoms. The second-order valence-corrected chi connectivity index (χ2v) is 7.00. The maximum atomic E-state index is 12.3. The normalized spacial score (nSPS) is 17.8. The zero-order valence-corrected chi connectivity index (χ0v) is 12.0. The van der Waals surface area contributed by atoms with E-state index in [-0.39, 0.29) is 12.4 Å². The van der Waals surface area contributed by atoms with Crippen LogP contribution in [0.5, 0.6) is 0 Å². The lowest BCUT2D eigenvalue weighted by Crippen LogP contribution is -2.49. The molecule has 0 bridgehead atoms. The van der Waals surface area contributed by atoms with E-state index in [9.17, 15) is 13.5 Å². The van der Waals surface area contributed by atoms with Gasteiger partial charge in [-0.15, -0.1) is 0 Å².